The van der Waals surface area contributed by atoms with Gasteiger partial charge in [0.25, 0.3) is 5.69 Å². The quantitative estimate of drug-likeness (QED) is 0.257. The highest BCUT2D eigenvalue weighted by atomic mass is 32.2. The van der Waals surface area contributed by atoms with Gasteiger partial charge in [0.05, 0.1) is 9.82 Å². The summed E-state index contributed by atoms with van der Waals surface area (Å²) in [5.41, 5.74) is 0.762. The molecule has 2 heterocycles. The Morgan fingerprint density at radius 1 is 1.00 bits per heavy atom. The molecule has 11 nitrogen and oxygen atoms in total. The number of nitro benzene ring substituents is 1. The fourth-order valence-corrected chi connectivity index (χ4v) is 3.75. The van der Waals surface area contributed by atoms with Crippen molar-refractivity contribution in [1.82, 2.24) is 19.7 Å². The number of nitro groups is 1. The van der Waals surface area contributed by atoms with Crippen LogP contribution in [0, 0.1) is 24.0 Å². The van der Waals surface area contributed by atoms with E-state index in [0.717, 1.165) is 11.6 Å². The summed E-state index contributed by atoms with van der Waals surface area (Å²) in [6.07, 6.45) is 1.69. The highest BCUT2D eigenvalue weighted by molar-refractivity contribution is 7.89. The number of aryl methyl sites for hydroxylation is 2. The third-order valence-electron chi connectivity index (χ3n) is 4.07. The third kappa shape index (κ3) is 6.17. The molecule has 0 bridgehead atoms. The van der Waals surface area contributed by atoms with E-state index in [0.29, 0.717) is 23.3 Å². The first kappa shape index (κ1) is 22.1. The van der Waals surface area contributed by atoms with Gasteiger partial charge in [0.15, 0.2) is 0 Å². The van der Waals surface area contributed by atoms with Gasteiger partial charge in [-0.05, 0) is 37.6 Å². The molecule has 0 radical (unpaired) electrons. The molecule has 0 fully saturated rings. The van der Waals surface area contributed by atoms with E-state index in [9.17, 15) is 18.5 Å². The van der Waals surface area contributed by atoms with Crippen LogP contribution in [-0.2, 0) is 10.0 Å². The van der Waals surface area contributed by atoms with Crippen molar-refractivity contribution < 1.29 is 13.3 Å². The monoisotopic (exact) mass is 443 g/mol. The Balaban J connectivity index is 1.59. The Morgan fingerprint density at radius 2 is 1.77 bits per heavy atom. The molecule has 0 atom stereocenters. The van der Waals surface area contributed by atoms with Crippen LogP contribution in [-0.4, -0.2) is 41.4 Å². The van der Waals surface area contributed by atoms with Crippen molar-refractivity contribution in [3.8, 4) is 0 Å². The Bertz CT molecular complexity index is 1200. The smallest absolute Gasteiger partial charge is 0.270 e. The molecule has 0 saturated carbocycles. The van der Waals surface area contributed by atoms with Crippen LogP contribution in [0.4, 0.5) is 23.1 Å². The van der Waals surface area contributed by atoms with Crippen molar-refractivity contribution in [3.63, 3.8) is 0 Å². The van der Waals surface area contributed by atoms with Crippen molar-refractivity contribution in [1.29, 1.82) is 0 Å². The fraction of sp³-hybridized carbons (Fsp3) is 0.211. The maximum atomic E-state index is 12.4. The van der Waals surface area contributed by atoms with Gasteiger partial charge in [0, 0.05) is 37.5 Å². The summed E-state index contributed by atoms with van der Waals surface area (Å²) in [6, 6.07) is 10.3. The predicted octanol–water partition coefficient (Wildman–Crippen LogP) is 2.53. The minimum Gasteiger partial charge on any atom is -0.369 e. The Hall–Kier alpha value is -3.64. The van der Waals surface area contributed by atoms with Crippen LogP contribution in [0.2, 0.25) is 0 Å². The highest BCUT2D eigenvalue weighted by Crippen LogP contribution is 2.18. The summed E-state index contributed by atoms with van der Waals surface area (Å²) in [4.78, 5) is 22.9. The van der Waals surface area contributed by atoms with Gasteiger partial charge in [-0.3, -0.25) is 10.1 Å². The van der Waals surface area contributed by atoms with Crippen LogP contribution in [0.25, 0.3) is 0 Å². The number of benzene rings is 1. The normalized spacial score (nSPS) is 11.2. The van der Waals surface area contributed by atoms with Gasteiger partial charge in [-0.25, -0.2) is 28.1 Å². The van der Waals surface area contributed by atoms with Gasteiger partial charge >= 0.3 is 0 Å². The number of nitrogens with one attached hydrogen (secondary N) is 3. The molecule has 0 saturated heterocycles. The van der Waals surface area contributed by atoms with Crippen molar-refractivity contribution in [2.24, 2.45) is 0 Å². The van der Waals surface area contributed by atoms with Crippen LogP contribution in [0.15, 0.2) is 53.6 Å². The van der Waals surface area contributed by atoms with E-state index in [1.807, 2.05) is 19.1 Å². The third-order valence-corrected chi connectivity index (χ3v) is 5.53. The lowest BCUT2D eigenvalue weighted by Crippen LogP contribution is -2.29. The number of pyridine rings is 1. The Kier molecular flexibility index (Phi) is 6.72. The number of rotatable bonds is 9. The average Bonchev–Trinajstić information content (AvgIpc) is 2.71. The van der Waals surface area contributed by atoms with Gasteiger partial charge in [-0.2, -0.15) is 0 Å². The zero-order valence-electron chi connectivity index (χ0n) is 16.9. The molecule has 0 aliphatic rings. The Labute approximate surface area is 179 Å². The van der Waals surface area contributed by atoms with Gasteiger partial charge in [-0.15, -0.1) is 0 Å². The summed E-state index contributed by atoms with van der Waals surface area (Å²) in [5.74, 6) is 2.23. The molecule has 31 heavy (non-hydrogen) atoms. The summed E-state index contributed by atoms with van der Waals surface area (Å²) in [6.45, 7) is 3.99. The molecule has 0 unspecified atom stereocenters. The molecule has 0 aliphatic heterocycles. The van der Waals surface area contributed by atoms with E-state index in [1.54, 1.807) is 19.2 Å². The lowest BCUT2D eigenvalue weighted by molar-refractivity contribution is -0.385. The largest absolute Gasteiger partial charge is 0.369 e. The van der Waals surface area contributed by atoms with Gasteiger partial charge in [0.1, 0.15) is 23.3 Å². The van der Waals surface area contributed by atoms with Crippen LogP contribution >= 0.6 is 0 Å². The SMILES string of the molecule is Cc1ccnc(Nc2cc(NCCNS(=O)(=O)c3cccc([N+](=O)[O-])c3)nc(C)n2)c1. The van der Waals surface area contributed by atoms with Gasteiger partial charge < -0.3 is 10.6 Å². The van der Waals surface area contributed by atoms with Gasteiger partial charge in [0.2, 0.25) is 10.0 Å². The topological polar surface area (TPSA) is 152 Å². The van der Waals surface area contributed by atoms with E-state index in [2.05, 4.69) is 30.3 Å². The second kappa shape index (κ2) is 9.45. The molecule has 0 amide bonds. The summed E-state index contributed by atoms with van der Waals surface area (Å²) in [5, 5.41) is 17.0. The van der Waals surface area contributed by atoms with Crippen LogP contribution in [0.5, 0.6) is 0 Å². The maximum Gasteiger partial charge on any atom is 0.270 e. The second-order valence-corrected chi connectivity index (χ2v) is 8.38. The molecule has 12 heteroatoms. The lowest BCUT2D eigenvalue weighted by atomic mass is 10.3. The number of sulfonamides is 1. The molecule has 3 aromatic rings. The summed E-state index contributed by atoms with van der Waals surface area (Å²) in [7, 11) is -3.88. The van der Waals surface area contributed by atoms with Gasteiger partial charge in [-0.1, -0.05) is 6.07 Å². The number of aromatic nitrogens is 3. The molecule has 0 spiro atoms. The van der Waals surface area contributed by atoms with E-state index < -0.39 is 14.9 Å². The summed E-state index contributed by atoms with van der Waals surface area (Å²) < 4.78 is 27.1. The first-order valence-electron chi connectivity index (χ1n) is 9.26. The minimum atomic E-state index is -3.88. The zero-order valence-corrected chi connectivity index (χ0v) is 17.7. The lowest BCUT2D eigenvalue weighted by Gasteiger charge is -2.11. The average molecular weight is 443 g/mol. The summed E-state index contributed by atoms with van der Waals surface area (Å²) >= 11 is 0. The maximum absolute atomic E-state index is 12.4. The van der Waals surface area contributed by atoms with Crippen LogP contribution in [0.3, 0.4) is 0 Å². The molecule has 2 aromatic heterocycles. The number of non-ortho nitro benzene ring substituents is 1. The van der Waals surface area contributed by atoms with Crippen molar-refractivity contribution in [3.05, 3.63) is 70.2 Å². The van der Waals surface area contributed by atoms with Crippen LogP contribution in [0.1, 0.15) is 11.4 Å². The Morgan fingerprint density at radius 3 is 2.52 bits per heavy atom. The molecule has 3 rings (SSSR count). The predicted molar refractivity (Wildman–Crippen MR) is 116 cm³/mol. The number of hydrogen-bond donors (Lipinski definition) is 3. The van der Waals surface area contributed by atoms with E-state index in [1.165, 1.54) is 18.2 Å². The molecule has 162 valence electrons. The molecule has 3 N–H and O–H groups in total. The zero-order chi connectivity index (χ0) is 22.4. The van der Waals surface area contributed by atoms with E-state index in [4.69, 9.17) is 0 Å². The van der Waals surface area contributed by atoms with Crippen molar-refractivity contribution in [2.45, 2.75) is 18.7 Å². The first-order valence-corrected chi connectivity index (χ1v) is 10.7. The van der Waals surface area contributed by atoms with E-state index in [-0.39, 0.29) is 23.7 Å². The molecular formula is C19H21N7O4S. The number of nitrogens with zero attached hydrogens (tertiary/aromatic N) is 4. The standard InChI is InChI=1S/C19H21N7O4S/c1-13-6-7-20-17(10-13)25-19-12-18(23-14(2)24-19)21-8-9-22-31(29,30)16-5-3-4-15(11-16)26(27)28/h3-7,10-12,22H,8-9H2,1-2H3,(H2,20,21,23,24,25). The van der Waals surface area contributed by atoms with Crippen molar-refractivity contribution >= 4 is 33.2 Å². The minimum absolute atomic E-state index is 0.0519. The van der Waals surface area contributed by atoms with Crippen LogP contribution < -0.4 is 15.4 Å². The van der Waals surface area contributed by atoms with Crippen molar-refractivity contribution in [2.75, 3.05) is 23.7 Å². The second-order valence-electron chi connectivity index (χ2n) is 6.61. The molecular weight excluding hydrogens is 422 g/mol. The van der Waals surface area contributed by atoms with E-state index >= 15 is 0 Å². The molecule has 0 aliphatic carbocycles. The fourth-order valence-electron chi connectivity index (χ4n) is 2.68. The molecule has 1 aromatic carbocycles. The number of anilines is 3. The number of hydrogen-bond acceptors (Lipinski definition) is 9. The highest BCUT2D eigenvalue weighted by Gasteiger charge is 2.17. The first-order chi connectivity index (χ1) is 14.7.